The average molecular weight is 295 g/mol. The molecule has 0 saturated heterocycles. The fourth-order valence-electron chi connectivity index (χ4n) is 3.47. The van der Waals surface area contributed by atoms with Gasteiger partial charge in [0.15, 0.2) is 5.75 Å². The molecule has 0 spiro atoms. The summed E-state index contributed by atoms with van der Waals surface area (Å²) in [6.45, 7) is 5.59. The molecule has 2 rings (SSSR count). The molecule has 0 aromatic carbocycles. The molecule has 2 atom stereocenters. The summed E-state index contributed by atoms with van der Waals surface area (Å²) in [5, 5.41) is 4.37. The van der Waals surface area contributed by atoms with Crippen molar-refractivity contribution >= 4 is 0 Å². The largest absolute Gasteiger partial charge is 0.493 e. The van der Waals surface area contributed by atoms with E-state index in [-0.39, 0.29) is 12.1 Å². The van der Waals surface area contributed by atoms with E-state index in [1.54, 1.807) is 13.3 Å². The number of nitrogens with zero attached hydrogens (tertiary/aromatic N) is 2. The first-order valence-corrected chi connectivity index (χ1v) is 8.19. The van der Waals surface area contributed by atoms with Crippen molar-refractivity contribution in [2.24, 2.45) is 11.7 Å². The Kier molecular flexibility index (Phi) is 6.06. The zero-order valence-corrected chi connectivity index (χ0v) is 13.5. The van der Waals surface area contributed by atoms with Gasteiger partial charge in [0.1, 0.15) is 0 Å². The van der Waals surface area contributed by atoms with Gasteiger partial charge in [-0.05, 0) is 32.6 Å². The summed E-state index contributed by atoms with van der Waals surface area (Å²) in [5.74, 6) is 1.31. The van der Waals surface area contributed by atoms with Crippen LogP contribution in [0.3, 0.4) is 0 Å². The van der Waals surface area contributed by atoms with Crippen molar-refractivity contribution in [2.45, 2.75) is 64.6 Å². The monoisotopic (exact) mass is 295 g/mol. The summed E-state index contributed by atoms with van der Waals surface area (Å²) in [5.41, 5.74) is 7.55. The van der Waals surface area contributed by atoms with Crippen LogP contribution >= 0.6 is 0 Å². The van der Waals surface area contributed by atoms with Gasteiger partial charge in [-0.15, -0.1) is 0 Å². The third-order valence-corrected chi connectivity index (χ3v) is 4.51. The minimum Gasteiger partial charge on any atom is -0.493 e. The van der Waals surface area contributed by atoms with Gasteiger partial charge in [-0.2, -0.15) is 5.10 Å². The van der Waals surface area contributed by atoms with Crippen LogP contribution in [0.4, 0.5) is 0 Å². The first-order chi connectivity index (χ1) is 10.2. The second kappa shape index (κ2) is 7.80. The molecule has 21 heavy (non-hydrogen) atoms. The van der Waals surface area contributed by atoms with Crippen LogP contribution in [-0.2, 0) is 11.3 Å². The lowest BCUT2D eigenvalue weighted by Gasteiger charge is -2.34. The Morgan fingerprint density at radius 2 is 2.05 bits per heavy atom. The van der Waals surface area contributed by atoms with Crippen LogP contribution in [0, 0.1) is 5.92 Å². The third kappa shape index (κ3) is 3.58. The van der Waals surface area contributed by atoms with Gasteiger partial charge in [0.2, 0.25) is 0 Å². The zero-order valence-electron chi connectivity index (χ0n) is 13.5. The molecule has 1 aliphatic rings. The van der Waals surface area contributed by atoms with E-state index in [0.717, 1.165) is 18.0 Å². The van der Waals surface area contributed by atoms with Gasteiger partial charge < -0.3 is 15.2 Å². The molecule has 5 nitrogen and oxygen atoms in total. The fraction of sp³-hybridized carbons (Fsp3) is 0.812. The highest BCUT2D eigenvalue weighted by Crippen LogP contribution is 2.36. The molecule has 120 valence electrons. The maximum atomic E-state index is 6.59. The molecule has 5 heteroatoms. The van der Waals surface area contributed by atoms with Crippen LogP contribution in [0.25, 0.3) is 0 Å². The molecule has 1 saturated carbocycles. The Morgan fingerprint density at radius 3 is 2.62 bits per heavy atom. The SMILES string of the molecule is CCOC(C1CCCCC1)C(N)c1c(OC)cnn1CC. The number of rotatable bonds is 7. The predicted molar refractivity (Wildman–Crippen MR) is 83.4 cm³/mol. The lowest BCUT2D eigenvalue weighted by molar-refractivity contribution is -0.0119. The number of ether oxygens (including phenoxy) is 2. The van der Waals surface area contributed by atoms with E-state index in [1.165, 1.54) is 32.1 Å². The smallest absolute Gasteiger partial charge is 0.161 e. The second-order valence-electron chi connectivity index (χ2n) is 5.76. The molecule has 0 amide bonds. The Labute approximate surface area is 127 Å². The van der Waals surface area contributed by atoms with Crippen LogP contribution in [0.5, 0.6) is 5.75 Å². The van der Waals surface area contributed by atoms with Crippen molar-refractivity contribution in [2.75, 3.05) is 13.7 Å². The molecule has 2 unspecified atom stereocenters. The molecule has 1 heterocycles. The predicted octanol–water partition coefficient (Wildman–Crippen LogP) is 2.90. The van der Waals surface area contributed by atoms with E-state index in [2.05, 4.69) is 12.0 Å². The highest BCUT2D eigenvalue weighted by atomic mass is 16.5. The van der Waals surface area contributed by atoms with E-state index in [0.29, 0.717) is 12.5 Å². The molecule has 0 bridgehead atoms. The summed E-state index contributed by atoms with van der Waals surface area (Å²) >= 11 is 0. The molecule has 0 aliphatic heterocycles. The number of hydrogen-bond donors (Lipinski definition) is 1. The quantitative estimate of drug-likeness (QED) is 0.840. The van der Waals surface area contributed by atoms with Crippen molar-refractivity contribution in [1.82, 2.24) is 9.78 Å². The zero-order chi connectivity index (χ0) is 15.2. The van der Waals surface area contributed by atoms with Gasteiger partial charge in [0.25, 0.3) is 0 Å². The average Bonchev–Trinajstić information content (AvgIpc) is 2.95. The topological polar surface area (TPSA) is 62.3 Å². The first kappa shape index (κ1) is 16.3. The van der Waals surface area contributed by atoms with Gasteiger partial charge in [-0.3, -0.25) is 4.68 Å². The van der Waals surface area contributed by atoms with E-state index >= 15 is 0 Å². The molecule has 0 radical (unpaired) electrons. The normalized spacial score (nSPS) is 19.4. The van der Waals surface area contributed by atoms with Crippen molar-refractivity contribution < 1.29 is 9.47 Å². The highest BCUT2D eigenvalue weighted by molar-refractivity contribution is 5.29. The minimum atomic E-state index is -0.189. The molecule has 1 aromatic heterocycles. The Hall–Kier alpha value is -1.07. The third-order valence-electron chi connectivity index (χ3n) is 4.51. The van der Waals surface area contributed by atoms with Crippen LogP contribution in [0.15, 0.2) is 6.20 Å². The van der Waals surface area contributed by atoms with Crippen molar-refractivity contribution in [3.63, 3.8) is 0 Å². The number of aromatic nitrogens is 2. The number of nitrogens with two attached hydrogens (primary N) is 1. The van der Waals surface area contributed by atoms with E-state index in [4.69, 9.17) is 15.2 Å². The van der Waals surface area contributed by atoms with Gasteiger partial charge in [-0.1, -0.05) is 19.3 Å². The van der Waals surface area contributed by atoms with Crippen molar-refractivity contribution in [3.8, 4) is 5.75 Å². The number of aryl methyl sites for hydroxylation is 1. The van der Waals surface area contributed by atoms with E-state index in [9.17, 15) is 0 Å². The van der Waals surface area contributed by atoms with Crippen LogP contribution in [-0.4, -0.2) is 29.6 Å². The lowest BCUT2D eigenvalue weighted by atomic mass is 9.82. The maximum Gasteiger partial charge on any atom is 0.161 e. The number of methoxy groups -OCH3 is 1. The van der Waals surface area contributed by atoms with Crippen molar-refractivity contribution in [1.29, 1.82) is 0 Å². The molecule has 1 aromatic rings. The van der Waals surface area contributed by atoms with Crippen LogP contribution in [0.1, 0.15) is 57.7 Å². The summed E-state index contributed by atoms with van der Waals surface area (Å²) in [6, 6.07) is -0.189. The van der Waals surface area contributed by atoms with Crippen LogP contribution in [0.2, 0.25) is 0 Å². The molecule has 1 fully saturated rings. The summed E-state index contributed by atoms with van der Waals surface area (Å²) in [4.78, 5) is 0. The van der Waals surface area contributed by atoms with Gasteiger partial charge in [0.05, 0.1) is 31.1 Å². The van der Waals surface area contributed by atoms with Gasteiger partial charge in [0, 0.05) is 13.2 Å². The Morgan fingerprint density at radius 1 is 1.33 bits per heavy atom. The van der Waals surface area contributed by atoms with E-state index < -0.39 is 0 Å². The van der Waals surface area contributed by atoms with Gasteiger partial charge >= 0.3 is 0 Å². The van der Waals surface area contributed by atoms with Gasteiger partial charge in [-0.25, -0.2) is 0 Å². The second-order valence-corrected chi connectivity index (χ2v) is 5.76. The maximum absolute atomic E-state index is 6.59. The Bertz CT molecular complexity index is 406. The van der Waals surface area contributed by atoms with E-state index in [1.807, 2.05) is 11.6 Å². The lowest BCUT2D eigenvalue weighted by Crippen LogP contribution is -2.38. The molecule has 1 aliphatic carbocycles. The molecular formula is C16H29N3O2. The molecule has 2 N–H and O–H groups in total. The number of hydrogen-bond acceptors (Lipinski definition) is 4. The highest BCUT2D eigenvalue weighted by Gasteiger charge is 2.33. The first-order valence-electron chi connectivity index (χ1n) is 8.19. The minimum absolute atomic E-state index is 0.0474. The molecular weight excluding hydrogens is 266 g/mol. The van der Waals surface area contributed by atoms with Crippen LogP contribution < -0.4 is 10.5 Å². The summed E-state index contributed by atoms with van der Waals surface area (Å²) in [7, 11) is 1.67. The van der Waals surface area contributed by atoms with Crippen molar-refractivity contribution in [3.05, 3.63) is 11.9 Å². The fourth-order valence-corrected chi connectivity index (χ4v) is 3.47. The summed E-state index contributed by atoms with van der Waals surface area (Å²) < 4.78 is 13.4. The summed E-state index contributed by atoms with van der Waals surface area (Å²) in [6.07, 6.45) is 8.12. The standard InChI is InChI=1S/C16H29N3O2/c1-4-19-15(13(20-3)11-18-19)14(17)16(21-5-2)12-9-7-6-8-10-12/h11-12,14,16H,4-10,17H2,1-3H3. The Balaban J connectivity index is 2.24.